The van der Waals surface area contributed by atoms with Crippen molar-refractivity contribution >= 4 is 0 Å². The fourth-order valence-corrected chi connectivity index (χ4v) is 2.72. The van der Waals surface area contributed by atoms with E-state index >= 15 is 0 Å². The van der Waals surface area contributed by atoms with Crippen molar-refractivity contribution in [2.24, 2.45) is 11.8 Å². The molecule has 2 nitrogen and oxygen atoms in total. The molecule has 0 heterocycles. The Labute approximate surface area is 73.9 Å². The van der Waals surface area contributed by atoms with E-state index < -0.39 is 0 Å². The van der Waals surface area contributed by atoms with Crippen LogP contribution in [0.1, 0.15) is 25.7 Å². The van der Waals surface area contributed by atoms with Crippen LogP contribution in [0.4, 0.5) is 0 Å². The van der Waals surface area contributed by atoms with Gasteiger partial charge >= 0.3 is 0 Å². The molecular weight excluding hydrogens is 152 g/mol. The van der Waals surface area contributed by atoms with Crippen LogP contribution in [0, 0.1) is 18.8 Å². The van der Waals surface area contributed by atoms with Gasteiger partial charge < -0.3 is 4.74 Å². The van der Waals surface area contributed by atoms with Crippen molar-refractivity contribution < 1.29 is 9.84 Å². The van der Waals surface area contributed by atoms with Crippen LogP contribution in [0.15, 0.2) is 0 Å². The van der Waals surface area contributed by atoms with E-state index in [2.05, 4.69) is 6.92 Å². The molecule has 0 aromatic heterocycles. The maximum absolute atomic E-state index is 11.5. The Morgan fingerprint density at radius 2 is 2.17 bits per heavy atom. The van der Waals surface area contributed by atoms with E-state index in [0.29, 0.717) is 12.5 Å². The topological polar surface area (TPSA) is 29.1 Å². The molecule has 0 spiro atoms. The lowest BCUT2D eigenvalue weighted by atomic mass is 9.67. The first-order chi connectivity index (χ1) is 5.81. The van der Waals surface area contributed by atoms with Gasteiger partial charge in [0, 0.05) is 12.5 Å². The molecule has 0 saturated heterocycles. The summed E-state index contributed by atoms with van der Waals surface area (Å²) in [6.45, 7) is 4.18. The molecule has 2 bridgehead atoms. The summed E-state index contributed by atoms with van der Waals surface area (Å²) in [6.07, 6.45) is 4.22. The third-order valence-electron chi connectivity index (χ3n) is 3.33. The van der Waals surface area contributed by atoms with Crippen molar-refractivity contribution in [1.82, 2.24) is 0 Å². The molecule has 3 fully saturated rings. The number of hydrogen-bond donors (Lipinski definition) is 0. The predicted octanol–water partition coefficient (Wildman–Crippen LogP) is 1.82. The normalized spacial score (nSPS) is 46.5. The zero-order valence-electron chi connectivity index (χ0n) is 7.37. The van der Waals surface area contributed by atoms with Crippen molar-refractivity contribution in [1.29, 1.82) is 0 Å². The molecule has 0 N–H and O–H groups in total. The molecule has 12 heavy (non-hydrogen) atoms. The number of rotatable bonds is 2. The summed E-state index contributed by atoms with van der Waals surface area (Å²) in [4.78, 5) is 0. The Bertz CT molecular complexity index is 158. The molecule has 68 valence electrons. The summed E-state index contributed by atoms with van der Waals surface area (Å²) < 4.78 is 5.48. The van der Waals surface area contributed by atoms with E-state index in [1.807, 2.05) is 0 Å². The van der Waals surface area contributed by atoms with Gasteiger partial charge in [-0.25, -0.2) is 5.11 Å². The highest BCUT2D eigenvalue weighted by atomic mass is 16.5. The van der Waals surface area contributed by atoms with Crippen LogP contribution < -0.4 is 0 Å². The van der Waals surface area contributed by atoms with E-state index in [-0.39, 0.29) is 18.1 Å². The highest BCUT2D eigenvalue weighted by Gasteiger charge is 2.42. The van der Waals surface area contributed by atoms with Gasteiger partial charge in [0.25, 0.3) is 0 Å². The SMILES string of the molecule is [CH2]COC1CC2CCC1C([O])C2. The van der Waals surface area contributed by atoms with E-state index in [1.54, 1.807) is 0 Å². The van der Waals surface area contributed by atoms with Crippen LogP contribution in [0.3, 0.4) is 0 Å². The Kier molecular flexibility index (Phi) is 2.37. The molecule has 4 unspecified atom stereocenters. The van der Waals surface area contributed by atoms with Crippen molar-refractivity contribution in [3.05, 3.63) is 6.92 Å². The van der Waals surface area contributed by atoms with Gasteiger partial charge in [0.15, 0.2) is 0 Å². The maximum atomic E-state index is 11.5. The summed E-state index contributed by atoms with van der Waals surface area (Å²) in [5.41, 5.74) is 0. The number of hydrogen-bond acceptors (Lipinski definition) is 1. The largest absolute Gasteiger partial charge is 0.378 e. The smallest absolute Gasteiger partial charge is 0.0985 e. The molecule has 3 rings (SSSR count). The standard InChI is InChI=1S/C10H16O2/c1-2-12-10-6-7-3-4-8(10)9(11)5-7/h7-10H,1-6H2. The first-order valence-corrected chi connectivity index (χ1v) is 4.88. The van der Waals surface area contributed by atoms with Gasteiger partial charge in [0.1, 0.15) is 0 Å². The zero-order valence-corrected chi connectivity index (χ0v) is 7.37. The first-order valence-electron chi connectivity index (χ1n) is 4.88. The molecule has 2 radical (unpaired) electrons. The van der Waals surface area contributed by atoms with Crippen LogP contribution in [0.5, 0.6) is 0 Å². The highest BCUT2D eigenvalue weighted by Crippen LogP contribution is 2.42. The molecule has 4 atom stereocenters. The quantitative estimate of drug-likeness (QED) is 0.618. The second kappa shape index (κ2) is 3.35. The Morgan fingerprint density at radius 3 is 2.75 bits per heavy atom. The molecule has 3 aliphatic carbocycles. The summed E-state index contributed by atoms with van der Waals surface area (Å²) in [5, 5.41) is 11.5. The molecule has 0 amide bonds. The minimum absolute atomic E-state index is 0.234. The monoisotopic (exact) mass is 168 g/mol. The molecule has 0 aliphatic heterocycles. The van der Waals surface area contributed by atoms with E-state index in [1.165, 1.54) is 6.42 Å². The molecule has 0 aromatic carbocycles. The van der Waals surface area contributed by atoms with Gasteiger partial charge in [0.05, 0.1) is 12.2 Å². The minimum Gasteiger partial charge on any atom is -0.378 e. The first kappa shape index (κ1) is 8.52. The molecule has 2 heteroatoms. The average molecular weight is 168 g/mol. The van der Waals surface area contributed by atoms with Gasteiger partial charge in [-0.3, -0.25) is 0 Å². The number of fused-ring (bicyclic) bond motifs is 3. The van der Waals surface area contributed by atoms with Crippen LogP contribution in [0.2, 0.25) is 0 Å². The fraction of sp³-hybridized carbons (Fsp3) is 0.900. The van der Waals surface area contributed by atoms with Crippen LogP contribution >= 0.6 is 0 Å². The van der Waals surface area contributed by atoms with Crippen molar-refractivity contribution in [2.45, 2.75) is 37.9 Å². The summed E-state index contributed by atoms with van der Waals surface area (Å²) in [5.74, 6) is 0.936. The van der Waals surface area contributed by atoms with Gasteiger partial charge in [-0.05, 0) is 38.5 Å². The minimum atomic E-state index is -0.353. The van der Waals surface area contributed by atoms with Crippen molar-refractivity contribution in [2.75, 3.05) is 6.61 Å². The lowest BCUT2D eigenvalue weighted by Crippen LogP contribution is -2.45. The van der Waals surface area contributed by atoms with Gasteiger partial charge in [-0.1, -0.05) is 0 Å². The van der Waals surface area contributed by atoms with Crippen molar-refractivity contribution in [3.63, 3.8) is 0 Å². The second-order valence-corrected chi connectivity index (χ2v) is 4.03. The zero-order chi connectivity index (χ0) is 8.55. The van der Waals surface area contributed by atoms with Crippen LogP contribution in [-0.4, -0.2) is 18.8 Å². The number of ether oxygens (including phenoxy) is 1. The van der Waals surface area contributed by atoms with Gasteiger partial charge in [-0.15, -0.1) is 0 Å². The Hall–Kier alpha value is -0.0800. The van der Waals surface area contributed by atoms with E-state index in [0.717, 1.165) is 19.3 Å². The Morgan fingerprint density at radius 1 is 1.33 bits per heavy atom. The molecule has 3 aliphatic rings. The van der Waals surface area contributed by atoms with E-state index in [9.17, 15) is 5.11 Å². The maximum Gasteiger partial charge on any atom is 0.0985 e. The highest BCUT2D eigenvalue weighted by molar-refractivity contribution is 4.92. The predicted molar refractivity (Wildman–Crippen MR) is 45.0 cm³/mol. The van der Waals surface area contributed by atoms with Crippen LogP contribution in [0.25, 0.3) is 0 Å². The average Bonchev–Trinajstić information content (AvgIpc) is 2.05. The Balaban J connectivity index is 1.99. The summed E-state index contributed by atoms with van der Waals surface area (Å²) >= 11 is 0. The van der Waals surface area contributed by atoms with E-state index in [4.69, 9.17) is 4.74 Å². The second-order valence-electron chi connectivity index (χ2n) is 4.03. The lowest BCUT2D eigenvalue weighted by Gasteiger charge is -2.44. The van der Waals surface area contributed by atoms with Crippen molar-refractivity contribution in [3.8, 4) is 0 Å². The fourth-order valence-electron chi connectivity index (χ4n) is 2.72. The molecule has 0 aromatic rings. The third-order valence-corrected chi connectivity index (χ3v) is 3.33. The summed E-state index contributed by atoms with van der Waals surface area (Å²) in [6, 6.07) is 0. The molecule has 3 saturated carbocycles. The van der Waals surface area contributed by atoms with Gasteiger partial charge in [0.2, 0.25) is 0 Å². The lowest BCUT2D eigenvalue weighted by molar-refractivity contribution is -0.127. The van der Waals surface area contributed by atoms with Gasteiger partial charge in [-0.2, -0.15) is 0 Å². The summed E-state index contributed by atoms with van der Waals surface area (Å²) in [7, 11) is 0. The molecular formula is C10H16O2. The van der Waals surface area contributed by atoms with Crippen LogP contribution in [-0.2, 0) is 9.84 Å². The third kappa shape index (κ3) is 1.38.